The quantitative estimate of drug-likeness (QED) is 0.510. The molecule has 0 fully saturated rings. The van der Waals surface area contributed by atoms with Crippen molar-refractivity contribution in [3.05, 3.63) is 23.9 Å². The van der Waals surface area contributed by atoms with E-state index in [-0.39, 0.29) is 18.6 Å². The minimum atomic E-state index is -1.18. The van der Waals surface area contributed by atoms with Gasteiger partial charge in [0.05, 0.1) is 18.1 Å². The maximum Gasteiger partial charge on any atom is 0.334 e. The van der Waals surface area contributed by atoms with Gasteiger partial charge in [-0.05, 0) is 18.4 Å². The van der Waals surface area contributed by atoms with Crippen molar-refractivity contribution in [2.45, 2.75) is 12.5 Å². The van der Waals surface area contributed by atoms with Crippen LogP contribution in [-0.2, 0) is 14.3 Å². The highest BCUT2D eigenvalue weighted by molar-refractivity contribution is 5.97. The van der Waals surface area contributed by atoms with Crippen LogP contribution in [0.4, 0.5) is 0 Å². The van der Waals surface area contributed by atoms with Gasteiger partial charge >= 0.3 is 11.9 Å². The van der Waals surface area contributed by atoms with Gasteiger partial charge in [0.2, 0.25) is 0 Å². The highest BCUT2D eigenvalue weighted by atomic mass is 16.5. The van der Waals surface area contributed by atoms with E-state index in [1.165, 1.54) is 18.4 Å². The number of carbonyl (C=O) groups is 2. The monoisotopic (exact) mass is 222 g/mol. The van der Waals surface area contributed by atoms with Gasteiger partial charge in [-0.15, -0.1) is 0 Å². The molecule has 1 aliphatic heterocycles. The number of dihydropyridines is 1. The highest BCUT2D eigenvalue weighted by Crippen LogP contribution is 2.09. The number of esters is 1. The van der Waals surface area contributed by atoms with Crippen molar-refractivity contribution in [2.24, 2.45) is 0 Å². The SMILES string of the molecule is N#CCCOC(=O)C1NC=CC=C1C(=O)O. The molecule has 16 heavy (non-hydrogen) atoms. The van der Waals surface area contributed by atoms with Crippen LogP contribution in [0.2, 0.25) is 0 Å². The molecule has 6 nitrogen and oxygen atoms in total. The maximum atomic E-state index is 11.5. The molecular weight excluding hydrogens is 212 g/mol. The van der Waals surface area contributed by atoms with Crippen molar-refractivity contribution >= 4 is 11.9 Å². The first-order valence-electron chi connectivity index (χ1n) is 4.56. The molecular formula is C10H10N2O4. The fourth-order valence-electron chi connectivity index (χ4n) is 1.16. The lowest BCUT2D eigenvalue weighted by atomic mass is 10.1. The second-order valence-corrected chi connectivity index (χ2v) is 2.96. The molecule has 1 heterocycles. The maximum absolute atomic E-state index is 11.5. The smallest absolute Gasteiger partial charge is 0.334 e. The molecule has 0 saturated carbocycles. The van der Waals surface area contributed by atoms with Gasteiger partial charge in [0, 0.05) is 0 Å². The van der Waals surface area contributed by atoms with Crippen molar-refractivity contribution in [1.29, 1.82) is 5.26 Å². The molecule has 0 radical (unpaired) electrons. The third kappa shape index (κ3) is 2.85. The van der Waals surface area contributed by atoms with Crippen molar-refractivity contribution in [3.8, 4) is 6.07 Å². The highest BCUT2D eigenvalue weighted by Gasteiger charge is 2.28. The molecule has 0 aromatic heterocycles. The summed E-state index contributed by atoms with van der Waals surface area (Å²) in [6, 6.07) is 0.805. The second kappa shape index (κ2) is 5.56. The predicted octanol–water partition coefficient (Wildman–Crippen LogP) is -0.0602. The minimum absolute atomic E-state index is 0.0376. The van der Waals surface area contributed by atoms with Crippen LogP contribution in [0.5, 0.6) is 0 Å². The van der Waals surface area contributed by atoms with E-state index >= 15 is 0 Å². The first kappa shape index (κ1) is 11.8. The lowest BCUT2D eigenvalue weighted by molar-refractivity contribution is -0.146. The van der Waals surface area contributed by atoms with Gasteiger partial charge in [0.25, 0.3) is 0 Å². The van der Waals surface area contributed by atoms with E-state index in [0.717, 1.165) is 0 Å². The van der Waals surface area contributed by atoms with Gasteiger partial charge < -0.3 is 15.2 Å². The predicted molar refractivity (Wildman–Crippen MR) is 53.0 cm³/mol. The largest absolute Gasteiger partial charge is 0.478 e. The van der Waals surface area contributed by atoms with Crippen LogP contribution in [-0.4, -0.2) is 29.7 Å². The number of ether oxygens (including phenoxy) is 1. The molecule has 0 bridgehead atoms. The number of carbonyl (C=O) groups excluding carboxylic acids is 1. The molecule has 2 N–H and O–H groups in total. The fourth-order valence-corrected chi connectivity index (χ4v) is 1.16. The number of hydrogen-bond acceptors (Lipinski definition) is 5. The summed E-state index contributed by atoms with van der Waals surface area (Å²) >= 11 is 0. The Morgan fingerprint density at radius 2 is 2.38 bits per heavy atom. The van der Waals surface area contributed by atoms with Crippen LogP contribution < -0.4 is 5.32 Å². The third-order valence-corrected chi connectivity index (χ3v) is 1.89. The van der Waals surface area contributed by atoms with E-state index in [2.05, 4.69) is 5.32 Å². The molecule has 0 aromatic rings. The van der Waals surface area contributed by atoms with E-state index in [1.54, 1.807) is 0 Å². The topological polar surface area (TPSA) is 99.4 Å². The Hall–Kier alpha value is -2.29. The molecule has 0 aliphatic carbocycles. The Morgan fingerprint density at radius 1 is 1.62 bits per heavy atom. The molecule has 0 spiro atoms. The van der Waals surface area contributed by atoms with Crippen molar-refractivity contribution in [2.75, 3.05) is 6.61 Å². The van der Waals surface area contributed by atoms with Crippen LogP contribution in [0.3, 0.4) is 0 Å². The Kier molecular flexibility index (Phi) is 4.09. The van der Waals surface area contributed by atoms with E-state index in [0.29, 0.717) is 0 Å². The van der Waals surface area contributed by atoms with Gasteiger partial charge in [-0.1, -0.05) is 0 Å². The second-order valence-electron chi connectivity index (χ2n) is 2.96. The number of allylic oxidation sites excluding steroid dienone is 2. The molecule has 0 amide bonds. The third-order valence-electron chi connectivity index (χ3n) is 1.89. The number of rotatable bonds is 4. The molecule has 1 rings (SSSR count). The zero-order valence-corrected chi connectivity index (χ0v) is 8.34. The van der Waals surface area contributed by atoms with Crippen LogP contribution in [0.25, 0.3) is 0 Å². The zero-order valence-electron chi connectivity index (χ0n) is 8.34. The summed E-state index contributed by atoms with van der Waals surface area (Å²) in [5.41, 5.74) is -0.0792. The van der Waals surface area contributed by atoms with E-state index in [1.807, 2.05) is 6.07 Å². The lowest BCUT2D eigenvalue weighted by Gasteiger charge is -2.18. The summed E-state index contributed by atoms with van der Waals surface area (Å²) < 4.78 is 4.74. The van der Waals surface area contributed by atoms with Crippen LogP contribution in [0, 0.1) is 11.3 Å². The average molecular weight is 222 g/mol. The Labute approximate surface area is 91.8 Å². The molecule has 1 aliphatic rings. The van der Waals surface area contributed by atoms with Crippen molar-refractivity contribution < 1.29 is 19.4 Å². The van der Waals surface area contributed by atoms with E-state index in [4.69, 9.17) is 15.1 Å². The fraction of sp³-hybridized carbons (Fsp3) is 0.300. The first-order valence-corrected chi connectivity index (χ1v) is 4.56. The van der Waals surface area contributed by atoms with Gasteiger partial charge in [0.15, 0.2) is 6.04 Å². The Morgan fingerprint density at radius 3 is 3.00 bits per heavy atom. The van der Waals surface area contributed by atoms with Crippen molar-refractivity contribution in [3.63, 3.8) is 0 Å². The number of nitrogens with zero attached hydrogens (tertiary/aromatic N) is 1. The van der Waals surface area contributed by atoms with E-state index < -0.39 is 18.0 Å². The number of carboxylic acid groups (broad SMARTS) is 1. The number of nitriles is 1. The minimum Gasteiger partial charge on any atom is -0.478 e. The van der Waals surface area contributed by atoms with E-state index in [9.17, 15) is 9.59 Å². The summed E-state index contributed by atoms with van der Waals surface area (Å²) in [4.78, 5) is 22.3. The Bertz CT molecular complexity index is 392. The van der Waals surface area contributed by atoms with Gasteiger partial charge in [-0.2, -0.15) is 5.26 Å². The van der Waals surface area contributed by atoms with Crippen LogP contribution in [0.15, 0.2) is 23.9 Å². The van der Waals surface area contributed by atoms with Crippen LogP contribution >= 0.6 is 0 Å². The number of aliphatic carboxylic acids is 1. The molecule has 6 heteroatoms. The Balaban J connectivity index is 2.62. The molecule has 1 atom stereocenters. The summed E-state index contributed by atoms with van der Waals surface area (Å²) in [5.74, 6) is -1.88. The molecule has 0 aromatic carbocycles. The molecule has 1 unspecified atom stereocenters. The van der Waals surface area contributed by atoms with Gasteiger partial charge in [-0.3, -0.25) is 0 Å². The van der Waals surface area contributed by atoms with Crippen LogP contribution in [0.1, 0.15) is 6.42 Å². The summed E-state index contributed by atoms with van der Waals surface area (Å²) in [5, 5.41) is 19.7. The number of carboxylic acids is 1. The lowest BCUT2D eigenvalue weighted by Crippen LogP contribution is -2.40. The summed E-state index contributed by atoms with van der Waals surface area (Å²) in [6.07, 6.45) is 4.36. The standard InChI is InChI=1S/C10H10N2O4/c11-4-2-6-16-10(15)8-7(9(13)14)3-1-5-12-8/h1,3,5,8,12H,2,6H2,(H,13,14). The zero-order chi connectivity index (χ0) is 12.0. The summed E-state index contributed by atoms with van der Waals surface area (Å²) in [7, 11) is 0. The number of hydrogen-bond donors (Lipinski definition) is 2. The molecule has 0 saturated heterocycles. The normalized spacial score (nSPS) is 17.9. The van der Waals surface area contributed by atoms with Crippen molar-refractivity contribution in [1.82, 2.24) is 5.32 Å². The van der Waals surface area contributed by atoms with Gasteiger partial charge in [-0.25, -0.2) is 9.59 Å². The molecule has 84 valence electrons. The summed E-state index contributed by atoms with van der Waals surface area (Å²) in [6.45, 7) is -0.0376. The van der Waals surface area contributed by atoms with Gasteiger partial charge in [0.1, 0.15) is 6.61 Å². The number of nitrogens with one attached hydrogen (secondary N) is 1. The average Bonchev–Trinajstić information content (AvgIpc) is 2.29. The first-order chi connectivity index (χ1) is 7.66.